The first-order valence-electron chi connectivity index (χ1n) is 7.21. The van der Waals surface area contributed by atoms with Crippen molar-refractivity contribution < 1.29 is 0 Å². The Hall–Kier alpha value is -1.08. The summed E-state index contributed by atoms with van der Waals surface area (Å²) >= 11 is 0. The van der Waals surface area contributed by atoms with E-state index in [-0.39, 0.29) is 0 Å². The number of hydrogen-bond donors (Lipinski definition) is 1. The normalized spacial score (nSPS) is 30.9. The summed E-state index contributed by atoms with van der Waals surface area (Å²) in [5, 5.41) is 3.73. The van der Waals surface area contributed by atoms with E-state index >= 15 is 0 Å². The Bertz CT molecular complexity index is 449. The molecule has 0 heterocycles. The lowest BCUT2D eigenvalue weighted by molar-refractivity contribution is 0.393. The second-order valence-electron chi connectivity index (χ2n) is 6.03. The van der Waals surface area contributed by atoms with E-state index < -0.39 is 0 Å². The van der Waals surface area contributed by atoms with Crippen LogP contribution in [-0.4, -0.2) is 6.54 Å². The average Bonchev–Trinajstić information content (AvgIpc) is 2.98. The van der Waals surface area contributed by atoms with Gasteiger partial charge in [0.05, 0.1) is 0 Å². The van der Waals surface area contributed by atoms with Crippen LogP contribution in [0.1, 0.15) is 36.9 Å². The molecule has 1 aromatic carbocycles. The highest BCUT2D eigenvalue weighted by Gasteiger charge is 2.35. The van der Waals surface area contributed by atoms with Gasteiger partial charge in [-0.3, -0.25) is 0 Å². The summed E-state index contributed by atoms with van der Waals surface area (Å²) in [7, 11) is 0. The van der Waals surface area contributed by atoms with Gasteiger partial charge in [0.15, 0.2) is 0 Å². The van der Waals surface area contributed by atoms with Crippen molar-refractivity contribution in [3.05, 3.63) is 47.5 Å². The van der Waals surface area contributed by atoms with Gasteiger partial charge in [0.25, 0.3) is 0 Å². The fraction of sp³-hybridized carbons (Fsp3) is 0.529. The third-order valence-corrected chi connectivity index (χ3v) is 4.76. The molecule has 96 valence electrons. The molecule has 1 aromatic rings. The monoisotopic (exact) mass is 241 g/mol. The van der Waals surface area contributed by atoms with E-state index in [0.717, 1.165) is 17.8 Å². The molecule has 18 heavy (non-hydrogen) atoms. The zero-order valence-corrected chi connectivity index (χ0v) is 11.4. The summed E-state index contributed by atoms with van der Waals surface area (Å²) in [5.74, 6) is 2.61. The van der Waals surface area contributed by atoms with Gasteiger partial charge in [0, 0.05) is 6.04 Å². The van der Waals surface area contributed by atoms with Crippen molar-refractivity contribution in [2.24, 2.45) is 17.8 Å². The molecule has 2 bridgehead atoms. The Morgan fingerprint density at radius 2 is 2.06 bits per heavy atom. The van der Waals surface area contributed by atoms with Gasteiger partial charge in [-0.1, -0.05) is 36.4 Å². The number of benzene rings is 1. The molecule has 3 unspecified atom stereocenters. The van der Waals surface area contributed by atoms with Gasteiger partial charge in [-0.05, 0) is 62.1 Å². The number of allylic oxidation sites excluding steroid dienone is 2. The molecular weight excluding hydrogens is 218 g/mol. The topological polar surface area (TPSA) is 12.0 Å². The summed E-state index contributed by atoms with van der Waals surface area (Å²) < 4.78 is 0. The SMILES string of the molecule is Cc1ccccc1[C@@H](C)NCC1CC2C=CC1C2. The largest absolute Gasteiger partial charge is 0.310 e. The molecule has 1 fully saturated rings. The van der Waals surface area contributed by atoms with Crippen molar-refractivity contribution in [3.8, 4) is 0 Å². The minimum atomic E-state index is 0.467. The zero-order valence-electron chi connectivity index (χ0n) is 11.4. The molecule has 3 rings (SSSR count). The number of hydrogen-bond acceptors (Lipinski definition) is 1. The van der Waals surface area contributed by atoms with Crippen LogP contribution >= 0.6 is 0 Å². The Morgan fingerprint density at radius 3 is 2.72 bits per heavy atom. The van der Waals surface area contributed by atoms with Crippen LogP contribution in [-0.2, 0) is 0 Å². The minimum absolute atomic E-state index is 0.467. The molecule has 1 nitrogen and oxygen atoms in total. The quantitative estimate of drug-likeness (QED) is 0.789. The predicted molar refractivity (Wildman–Crippen MR) is 76.4 cm³/mol. The van der Waals surface area contributed by atoms with Gasteiger partial charge in [-0.2, -0.15) is 0 Å². The maximum absolute atomic E-state index is 3.73. The van der Waals surface area contributed by atoms with Crippen molar-refractivity contribution in [2.45, 2.75) is 32.7 Å². The molecule has 1 N–H and O–H groups in total. The highest BCUT2D eigenvalue weighted by molar-refractivity contribution is 5.28. The Labute approximate surface area is 110 Å². The first-order valence-corrected chi connectivity index (χ1v) is 7.21. The van der Waals surface area contributed by atoms with Gasteiger partial charge in [0.1, 0.15) is 0 Å². The van der Waals surface area contributed by atoms with Gasteiger partial charge in [-0.25, -0.2) is 0 Å². The summed E-state index contributed by atoms with van der Waals surface area (Å²) in [6, 6.07) is 9.17. The van der Waals surface area contributed by atoms with Crippen molar-refractivity contribution >= 4 is 0 Å². The molecule has 0 radical (unpaired) electrons. The summed E-state index contributed by atoms with van der Waals surface area (Å²) in [6.45, 7) is 5.65. The lowest BCUT2D eigenvalue weighted by Crippen LogP contribution is -2.28. The van der Waals surface area contributed by atoms with Crippen LogP contribution < -0.4 is 5.32 Å². The van der Waals surface area contributed by atoms with E-state index in [0.29, 0.717) is 6.04 Å². The van der Waals surface area contributed by atoms with Crippen LogP contribution in [0.5, 0.6) is 0 Å². The number of aryl methyl sites for hydroxylation is 1. The molecule has 2 aliphatic carbocycles. The Kier molecular flexibility index (Phi) is 3.25. The molecule has 0 aromatic heterocycles. The summed E-state index contributed by atoms with van der Waals surface area (Å²) in [6.07, 6.45) is 7.67. The van der Waals surface area contributed by atoms with Crippen molar-refractivity contribution in [1.29, 1.82) is 0 Å². The Morgan fingerprint density at radius 1 is 1.22 bits per heavy atom. The van der Waals surface area contributed by atoms with Crippen LogP contribution in [0, 0.1) is 24.7 Å². The van der Waals surface area contributed by atoms with Gasteiger partial charge < -0.3 is 5.32 Å². The molecule has 0 amide bonds. The van der Waals surface area contributed by atoms with E-state index in [4.69, 9.17) is 0 Å². The number of fused-ring (bicyclic) bond motifs is 2. The van der Waals surface area contributed by atoms with Gasteiger partial charge in [0.2, 0.25) is 0 Å². The molecule has 0 aliphatic heterocycles. The standard InChI is InChI=1S/C17H23N/c1-12-5-3-4-6-17(12)13(2)18-11-16-10-14-7-8-15(16)9-14/h3-8,13-16,18H,9-11H2,1-2H3/t13-,14?,15?,16?/m1/s1. The predicted octanol–water partition coefficient (Wildman–Crippen LogP) is 3.86. The molecule has 0 saturated heterocycles. The molecule has 2 aliphatic rings. The van der Waals surface area contributed by atoms with Crippen LogP contribution in [0.15, 0.2) is 36.4 Å². The maximum atomic E-state index is 3.73. The summed E-state index contributed by atoms with van der Waals surface area (Å²) in [4.78, 5) is 0. The van der Waals surface area contributed by atoms with E-state index in [1.807, 2.05) is 0 Å². The molecule has 1 heteroatoms. The Balaban J connectivity index is 1.57. The molecular formula is C17H23N. The van der Waals surface area contributed by atoms with E-state index in [9.17, 15) is 0 Å². The lowest BCUT2D eigenvalue weighted by atomic mass is 9.93. The van der Waals surface area contributed by atoms with E-state index in [2.05, 4.69) is 55.6 Å². The molecule has 1 saturated carbocycles. The minimum Gasteiger partial charge on any atom is -0.310 e. The van der Waals surface area contributed by atoms with E-state index in [1.54, 1.807) is 0 Å². The fourth-order valence-corrected chi connectivity index (χ4v) is 3.64. The first kappa shape index (κ1) is 12.0. The average molecular weight is 241 g/mol. The van der Waals surface area contributed by atoms with Crippen molar-refractivity contribution in [2.75, 3.05) is 6.54 Å². The first-order chi connectivity index (χ1) is 8.74. The number of nitrogens with one attached hydrogen (secondary N) is 1. The van der Waals surface area contributed by atoms with Crippen LogP contribution in [0.2, 0.25) is 0 Å². The second kappa shape index (κ2) is 4.89. The molecule has 0 spiro atoms. The maximum Gasteiger partial charge on any atom is 0.0294 e. The molecule has 4 atom stereocenters. The second-order valence-corrected chi connectivity index (χ2v) is 6.03. The highest BCUT2D eigenvalue weighted by Crippen LogP contribution is 2.43. The smallest absolute Gasteiger partial charge is 0.0294 e. The number of rotatable bonds is 4. The fourth-order valence-electron chi connectivity index (χ4n) is 3.64. The van der Waals surface area contributed by atoms with Crippen LogP contribution in [0.25, 0.3) is 0 Å². The van der Waals surface area contributed by atoms with Crippen molar-refractivity contribution in [1.82, 2.24) is 5.32 Å². The van der Waals surface area contributed by atoms with Gasteiger partial charge in [-0.15, -0.1) is 0 Å². The zero-order chi connectivity index (χ0) is 12.5. The van der Waals surface area contributed by atoms with Gasteiger partial charge >= 0.3 is 0 Å². The van der Waals surface area contributed by atoms with E-state index in [1.165, 1.54) is 30.5 Å². The third-order valence-electron chi connectivity index (χ3n) is 4.76. The van der Waals surface area contributed by atoms with Crippen molar-refractivity contribution in [3.63, 3.8) is 0 Å². The van der Waals surface area contributed by atoms with Crippen LogP contribution in [0.3, 0.4) is 0 Å². The lowest BCUT2D eigenvalue weighted by Gasteiger charge is -2.23. The summed E-state index contributed by atoms with van der Waals surface area (Å²) in [5.41, 5.74) is 2.83. The third kappa shape index (κ3) is 2.24. The van der Waals surface area contributed by atoms with Crippen LogP contribution in [0.4, 0.5) is 0 Å². The highest BCUT2D eigenvalue weighted by atomic mass is 14.9.